The zero-order valence-electron chi connectivity index (χ0n) is 14.0. The molecule has 1 aliphatic rings. The summed E-state index contributed by atoms with van der Waals surface area (Å²) in [6, 6.07) is 4.34. The summed E-state index contributed by atoms with van der Waals surface area (Å²) in [7, 11) is -7.77. The Bertz CT molecular complexity index is 1140. The van der Waals surface area contributed by atoms with E-state index in [4.69, 9.17) is 5.73 Å². The van der Waals surface area contributed by atoms with E-state index in [9.17, 15) is 21.6 Å². The van der Waals surface area contributed by atoms with Crippen LogP contribution in [0.25, 0.3) is 10.9 Å². The summed E-state index contributed by atoms with van der Waals surface area (Å²) < 4.78 is 53.8. The minimum atomic E-state index is -4.09. The Hall–Kier alpha value is -1.73. The molecule has 0 aliphatic carbocycles. The maximum absolute atomic E-state index is 13.2. The van der Waals surface area contributed by atoms with Gasteiger partial charge in [0.15, 0.2) is 0 Å². The third-order valence-electron chi connectivity index (χ3n) is 4.26. The van der Waals surface area contributed by atoms with Gasteiger partial charge in [-0.1, -0.05) is 22.5 Å². The molecule has 2 aromatic rings. The number of aromatic nitrogens is 1. The lowest BCUT2D eigenvalue weighted by Gasteiger charge is -2.17. The van der Waals surface area contributed by atoms with E-state index in [1.54, 1.807) is 18.2 Å². The van der Waals surface area contributed by atoms with Crippen molar-refractivity contribution >= 4 is 52.8 Å². The van der Waals surface area contributed by atoms with Crippen LogP contribution in [0.3, 0.4) is 0 Å². The third-order valence-corrected chi connectivity index (χ3v) is 7.80. The van der Waals surface area contributed by atoms with Gasteiger partial charge in [0.05, 0.1) is 0 Å². The molecule has 1 fully saturated rings. The maximum atomic E-state index is 13.2. The number of aromatic amines is 1. The van der Waals surface area contributed by atoms with Gasteiger partial charge in [0.2, 0.25) is 20.0 Å². The Morgan fingerprint density at radius 3 is 2.70 bits per heavy atom. The summed E-state index contributed by atoms with van der Waals surface area (Å²) in [4.78, 5) is 14.4. The normalized spacial score (nSPS) is 18.8. The summed E-state index contributed by atoms with van der Waals surface area (Å²) >= 11 is 3.29. The van der Waals surface area contributed by atoms with E-state index in [-0.39, 0.29) is 23.7 Å². The quantitative estimate of drug-likeness (QED) is 0.566. The standard InChI is InChI=1S/C15H17BrN4O5S2/c1-2-26(22,23)19-10-5-6-20(8-10)27(24,25)14-11-7-9(16)3-4-12(11)18-13(14)15(17)21/h2-4,7,10,18-19H,1,5-6,8H2,(H2,17,21). The molecule has 1 atom stereocenters. The number of carbonyl (C=O) groups is 1. The van der Waals surface area contributed by atoms with Crippen molar-refractivity contribution in [3.05, 3.63) is 40.4 Å². The third kappa shape index (κ3) is 3.80. The van der Waals surface area contributed by atoms with Crippen molar-refractivity contribution in [3.8, 4) is 0 Å². The van der Waals surface area contributed by atoms with Gasteiger partial charge in [-0.3, -0.25) is 4.79 Å². The molecule has 1 amide bonds. The zero-order chi connectivity index (χ0) is 20.0. The lowest BCUT2D eigenvalue weighted by atomic mass is 10.2. The van der Waals surface area contributed by atoms with Crippen LogP contribution in [0.1, 0.15) is 16.9 Å². The topological polar surface area (TPSA) is 142 Å². The average molecular weight is 477 g/mol. The number of hydrogen-bond acceptors (Lipinski definition) is 5. The van der Waals surface area contributed by atoms with Crippen molar-refractivity contribution < 1.29 is 21.6 Å². The number of primary amides is 1. The van der Waals surface area contributed by atoms with Crippen molar-refractivity contribution in [1.82, 2.24) is 14.0 Å². The lowest BCUT2D eigenvalue weighted by molar-refractivity contribution is 0.0993. The monoisotopic (exact) mass is 476 g/mol. The van der Waals surface area contributed by atoms with Crippen LogP contribution in [0, 0.1) is 0 Å². The number of fused-ring (bicyclic) bond motifs is 1. The first-order valence-electron chi connectivity index (χ1n) is 7.81. The van der Waals surface area contributed by atoms with Crippen LogP contribution in [0.15, 0.2) is 39.6 Å². The van der Waals surface area contributed by atoms with Gasteiger partial charge in [-0.05, 0) is 24.6 Å². The number of carbonyl (C=O) groups excluding carboxylic acids is 1. The first-order valence-corrected chi connectivity index (χ1v) is 11.6. The van der Waals surface area contributed by atoms with Crippen LogP contribution in [-0.2, 0) is 20.0 Å². The van der Waals surface area contributed by atoms with Crippen LogP contribution >= 0.6 is 15.9 Å². The fourth-order valence-corrected chi connectivity index (χ4v) is 5.98. The molecule has 1 aliphatic heterocycles. The summed E-state index contributed by atoms with van der Waals surface area (Å²) in [5.74, 6) is -0.899. The average Bonchev–Trinajstić information content (AvgIpc) is 3.19. The van der Waals surface area contributed by atoms with Crippen molar-refractivity contribution in [2.24, 2.45) is 5.73 Å². The highest BCUT2D eigenvalue weighted by molar-refractivity contribution is 9.10. The molecule has 0 spiro atoms. The first kappa shape index (κ1) is 20.0. The van der Waals surface area contributed by atoms with Crippen molar-refractivity contribution in [1.29, 1.82) is 0 Å². The molecule has 0 bridgehead atoms. The first-order chi connectivity index (χ1) is 12.5. The number of H-pyrrole nitrogens is 1. The van der Waals surface area contributed by atoms with E-state index < -0.39 is 32.0 Å². The molecular weight excluding hydrogens is 460 g/mol. The number of sulfonamides is 2. The van der Waals surface area contributed by atoms with E-state index in [0.29, 0.717) is 21.8 Å². The fraction of sp³-hybridized carbons (Fsp3) is 0.267. The highest BCUT2D eigenvalue weighted by Crippen LogP contribution is 2.33. The number of nitrogens with one attached hydrogen (secondary N) is 2. The molecule has 1 unspecified atom stereocenters. The molecule has 1 saturated heterocycles. The molecule has 12 heteroatoms. The maximum Gasteiger partial charge on any atom is 0.266 e. The predicted molar refractivity (Wildman–Crippen MR) is 104 cm³/mol. The Kier molecular flexibility index (Phi) is 5.20. The number of nitrogens with zero attached hydrogens (tertiary/aromatic N) is 1. The number of benzene rings is 1. The number of hydrogen-bond donors (Lipinski definition) is 3. The van der Waals surface area contributed by atoms with E-state index in [1.165, 1.54) is 0 Å². The predicted octanol–water partition coefficient (Wildman–Crippen LogP) is 0.855. The largest absolute Gasteiger partial charge is 0.364 e. The van der Waals surface area contributed by atoms with Crippen LogP contribution in [0.5, 0.6) is 0 Å². The van der Waals surface area contributed by atoms with Gasteiger partial charge < -0.3 is 10.7 Å². The molecule has 1 aromatic heterocycles. The van der Waals surface area contributed by atoms with Gasteiger partial charge in [0, 0.05) is 39.9 Å². The highest BCUT2D eigenvalue weighted by atomic mass is 79.9. The molecule has 9 nitrogen and oxygen atoms in total. The number of nitrogens with two attached hydrogens (primary N) is 1. The Labute approximate surface area is 164 Å². The minimum Gasteiger partial charge on any atom is -0.364 e. The molecule has 3 rings (SSSR count). The highest BCUT2D eigenvalue weighted by Gasteiger charge is 2.37. The Balaban J connectivity index is 2.03. The number of amides is 1. The second-order valence-electron chi connectivity index (χ2n) is 6.06. The van der Waals surface area contributed by atoms with Gasteiger partial charge in [0.25, 0.3) is 5.91 Å². The smallest absolute Gasteiger partial charge is 0.266 e. The second kappa shape index (κ2) is 7.02. The Morgan fingerprint density at radius 1 is 1.37 bits per heavy atom. The minimum absolute atomic E-state index is 0.0612. The van der Waals surface area contributed by atoms with Gasteiger partial charge in [0.1, 0.15) is 10.6 Å². The van der Waals surface area contributed by atoms with Gasteiger partial charge in [-0.2, -0.15) is 4.31 Å². The molecule has 27 heavy (non-hydrogen) atoms. The van der Waals surface area contributed by atoms with E-state index >= 15 is 0 Å². The summed E-state index contributed by atoms with van der Waals surface area (Å²) in [5, 5.41) is 1.10. The molecule has 4 N–H and O–H groups in total. The number of halogens is 1. The van der Waals surface area contributed by atoms with Crippen molar-refractivity contribution in [2.45, 2.75) is 17.4 Å². The molecule has 1 aromatic carbocycles. The lowest BCUT2D eigenvalue weighted by Crippen LogP contribution is -2.37. The van der Waals surface area contributed by atoms with Gasteiger partial charge in [-0.25, -0.2) is 21.6 Å². The van der Waals surface area contributed by atoms with Crippen LogP contribution in [0.2, 0.25) is 0 Å². The molecule has 2 heterocycles. The van der Waals surface area contributed by atoms with E-state index in [1.807, 2.05) is 0 Å². The van der Waals surface area contributed by atoms with E-state index in [2.05, 4.69) is 32.2 Å². The molecule has 146 valence electrons. The SMILES string of the molecule is C=CS(=O)(=O)NC1CCN(S(=O)(=O)c2c(C(N)=O)[nH]c3ccc(Br)cc23)C1. The zero-order valence-corrected chi connectivity index (χ0v) is 17.2. The van der Waals surface area contributed by atoms with E-state index in [0.717, 1.165) is 9.71 Å². The fourth-order valence-electron chi connectivity index (χ4n) is 3.03. The van der Waals surface area contributed by atoms with Gasteiger partial charge in [-0.15, -0.1) is 0 Å². The molecular formula is C15H17BrN4O5S2. The summed E-state index contributed by atoms with van der Waals surface area (Å²) in [6.07, 6.45) is 0.296. The van der Waals surface area contributed by atoms with Gasteiger partial charge >= 0.3 is 0 Å². The second-order valence-corrected chi connectivity index (χ2v) is 10.5. The molecule has 0 radical (unpaired) electrons. The number of rotatable bonds is 6. The summed E-state index contributed by atoms with van der Waals surface area (Å²) in [5.41, 5.74) is 5.62. The van der Waals surface area contributed by atoms with Crippen molar-refractivity contribution in [3.63, 3.8) is 0 Å². The van der Waals surface area contributed by atoms with Crippen LogP contribution < -0.4 is 10.5 Å². The summed E-state index contributed by atoms with van der Waals surface area (Å²) in [6.45, 7) is 3.26. The Morgan fingerprint density at radius 2 is 2.07 bits per heavy atom. The van der Waals surface area contributed by atoms with Crippen LogP contribution in [-0.4, -0.2) is 51.2 Å². The molecule has 0 saturated carbocycles. The van der Waals surface area contributed by atoms with Crippen LogP contribution in [0.4, 0.5) is 0 Å². The van der Waals surface area contributed by atoms with Crippen molar-refractivity contribution in [2.75, 3.05) is 13.1 Å².